The fraction of sp³-hybridized carbons (Fsp3) is 0.485. The molecule has 0 unspecified atom stereocenters. The van der Waals surface area contributed by atoms with Gasteiger partial charge in [0.25, 0.3) is 5.91 Å². The van der Waals surface area contributed by atoms with Gasteiger partial charge in [-0.1, -0.05) is 6.92 Å². The summed E-state index contributed by atoms with van der Waals surface area (Å²) in [7, 11) is 0. The molecule has 1 fully saturated rings. The molecule has 0 saturated carbocycles. The molecule has 1 aliphatic heterocycles. The third-order valence-electron chi connectivity index (χ3n) is 7.29. The maximum absolute atomic E-state index is 14.0. The van der Waals surface area contributed by atoms with E-state index in [4.69, 9.17) is 19.2 Å². The minimum absolute atomic E-state index is 0.0324. The van der Waals surface area contributed by atoms with E-state index in [1.807, 2.05) is 32.0 Å². The van der Waals surface area contributed by atoms with E-state index in [1.54, 1.807) is 40.0 Å². The average Bonchev–Trinajstić information content (AvgIpc) is 3.02. The Kier molecular flexibility index (Phi) is 11.1. The summed E-state index contributed by atoms with van der Waals surface area (Å²) in [6.45, 7) is 11.9. The summed E-state index contributed by atoms with van der Waals surface area (Å²) in [5, 5.41) is 2.78. The standard InChI is InChI=1S/C33H41F3N6O5/c1-7-21-20-41(30(43)23-12-15-27(45-8-2)40-28(23)33(34,35)36)17-18-42(21)26-14-13-24(22-11-10-16-37-29(22)46-9-3)39-25(26)19-38-31(44)47-32(4,5)6/h10-16,21H,7-9,17-20H2,1-6H3,(H,38,44)/t21-/m1/s1. The monoisotopic (exact) mass is 658 g/mol. The maximum atomic E-state index is 14.0. The Bertz CT molecular complexity index is 1560. The molecule has 3 aromatic heterocycles. The van der Waals surface area contributed by atoms with Crippen LogP contribution in [0, 0.1) is 0 Å². The highest BCUT2D eigenvalue weighted by Crippen LogP contribution is 2.35. The van der Waals surface area contributed by atoms with Crippen molar-refractivity contribution in [2.24, 2.45) is 0 Å². The van der Waals surface area contributed by atoms with E-state index in [0.717, 1.165) is 6.07 Å². The third-order valence-corrected chi connectivity index (χ3v) is 7.29. The third kappa shape index (κ3) is 8.80. The summed E-state index contributed by atoms with van der Waals surface area (Å²) in [5.74, 6) is -0.538. The van der Waals surface area contributed by atoms with Gasteiger partial charge in [-0.15, -0.1) is 0 Å². The molecule has 1 atom stereocenters. The summed E-state index contributed by atoms with van der Waals surface area (Å²) in [6.07, 6.45) is -3.25. The van der Waals surface area contributed by atoms with E-state index in [2.05, 4.69) is 20.2 Å². The van der Waals surface area contributed by atoms with Crippen LogP contribution in [-0.2, 0) is 17.5 Å². The fourth-order valence-corrected chi connectivity index (χ4v) is 5.28. The summed E-state index contributed by atoms with van der Waals surface area (Å²) in [5.41, 5.74) is -0.00903. The van der Waals surface area contributed by atoms with Crippen molar-refractivity contribution >= 4 is 17.7 Å². The van der Waals surface area contributed by atoms with Gasteiger partial charge in [-0.2, -0.15) is 13.2 Å². The van der Waals surface area contributed by atoms with Gasteiger partial charge >= 0.3 is 12.3 Å². The van der Waals surface area contributed by atoms with Crippen LogP contribution in [0.15, 0.2) is 42.6 Å². The van der Waals surface area contributed by atoms with Crippen LogP contribution >= 0.6 is 0 Å². The number of hydrogen-bond donors (Lipinski definition) is 1. The Morgan fingerprint density at radius 3 is 2.38 bits per heavy atom. The van der Waals surface area contributed by atoms with Crippen molar-refractivity contribution in [3.8, 4) is 23.0 Å². The molecule has 14 heteroatoms. The number of piperazine rings is 1. The number of nitrogens with one attached hydrogen (secondary N) is 1. The zero-order chi connectivity index (χ0) is 34.4. The summed E-state index contributed by atoms with van der Waals surface area (Å²) in [4.78, 5) is 42.4. The van der Waals surface area contributed by atoms with Gasteiger partial charge < -0.3 is 29.3 Å². The average molecular weight is 659 g/mol. The fourth-order valence-electron chi connectivity index (χ4n) is 5.28. The molecule has 0 aliphatic carbocycles. The normalized spacial score (nSPS) is 15.3. The molecule has 0 radical (unpaired) electrons. The molecule has 11 nitrogen and oxygen atoms in total. The van der Waals surface area contributed by atoms with Gasteiger partial charge in [-0.25, -0.2) is 19.7 Å². The number of hydrogen-bond acceptors (Lipinski definition) is 9. The van der Waals surface area contributed by atoms with Gasteiger partial charge in [0.2, 0.25) is 11.8 Å². The molecule has 4 rings (SSSR count). The second-order valence-electron chi connectivity index (χ2n) is 11.8. The van der Waals surface area contributed by atoms with Crippen molar-refractivity contribution in [3.63, 3.8) is 0 Å². The number of anilines is 1. The number of carbonyl (C=O) groups is 2. The van der Waals surface area contributed by atoms with Crippen LogP contribution in [0.4, 0.5) is 23.7 Å². The Morgan fingerprint density at radius 2 is 1.72 bits per heavy atom. The number of alkyl halides is 3. The highest BCUT2D eigenvalue weighted by Gasteiger charge is 2.40. The van der Waals surface area contributed by atoms with Crippen molar-refractivity contribution in [1.82, 2.24) is 25.2 Å². The predicted molar refractivity (Wildman–Crippen MR) is 169 cm³/mol. The SMILES string of the molecule is CCOc1ccc(C(=O)N2CCN(c3ccc(-c4cccnc4OCC)nc3CNC(=O)OC(C)(C)C)[C@H](CC)C2)c(C(F)(F)F)n1. The molecule has 47 heavy (non-hydrogen) atoms. The number of alkyl carbamates (subject to hydrolysis) is 1. The summed E-state index contributed by atoms with van der Waals surface area (Å²) < 4.78 is 58.2. The lowest BCUT2D eigenvalue weighted by Crippen LogP contribution is -2.55. The second kappa shape index (κ2) is 14.9. The number of rotatable bonds is 10. The van der Waals surface area contributed by atoms with Crippen LogP contribution in [0.1, 0.15) is 69.7 Å². The molecule has 0 bridgehead atoms. The van der Waals surface area contributed by atoms with E-state index in [9.17, 15) is 22.8 Å². The minimum atomic E-state index is -4.84. The number of carbonyl (C=O) groups excluding carboxylic acids is 2. The van der Waals surface area contributed by atoms with E-state index in [1.165, 1.54) is 11.0 Å². The molecule has 254 valence electrons. The van der Waals surface area contributed by atoms with Crippen LogP contribution in [-0.4, -0.2) is 76.3 Å². The number of aromatic nitrogens is 3. The first-order chi connectivity index (χ1) is 22.2. The molecular formula is C33H41F3N6O5. The zero-order valence-electron chi connectivity index (χ0n) is 27.5. The Hall–Kier alpha value is -4.62. The zero-order valence-corrected chi connectivity index (χ0v) is 27.5. The lowest BCUT2D eigenvalue weighted by atomic mass is 10.0. The van der Waals surface area contributed by atoms with Gasteiger partial charge in [-0.05, 0) is 71.4 Å². The minimum Gasteiger partial charge on any atom is -0.478 e. The number of nitrogens with zero attached hydrogens (tertiary/aromatic N) is 5. The lowest BCUT2D eigenvalue weighted by Gasteiger charge is -2.43. The molecule has 3 aromatic rings. The van der Waals surface area contributed by atoms with Crippen LogP contribution in [0.2, 0.25) is 0 Å². The molecule has 0 aromatic carbocycles. The van der Waals surface area contributed by atoms with Crippen molar-refractivity contribution in [2.75, 3.05) is 37.7 Å². The molecule has 0 spiro atoms. The Labute approximate surface area is 272 Å². The van der Waals surface area contributed by atoms with Crippen LogP contribution < -0.4 is 19.7 Å². The predicted octanol–water partition coefficient (Wildman–Crippen LogP) is 6.12. The Balaban J connectivity index is 1.65. The lowest BCUT2D eigenvalue weighted by molar-refractivity contribution is -0.141. The largest absolute Gasteiger partial charge is 0.478 e. The number of amides is 2. The van der Waals surface area contributed by atoms with Gasteiger partial charge in [0.15, 0.2) is 5.69 Å². The molecule has 1 N–H and O–H groups in total. The van der Waals surface area contributed by atoms with Crippen molar-refractivity contribution in [1.29, 1.82) is 0 Å². The summed E-state index contributed by atoms with van der Waals surface area (Å²) in [6, 6.07) is 9.47. The Morgan fingerprint density at radius 1 is 0.979 bits per heavy atom. The molecule has 1 saturated heterocycles. The van der Waals surface area contributed by atoms with E-state index < -0.39 is 35.0 Å². The highest BCUT2D eigenvalue weighted by atomic mass is 19.4. The molecule has 2 amide bonds. The number of halogens is 3. The molecular weight excluding hydrogens is 617 g/mol. The van der Waals surface area contributed by atoms with E-state index in [-0.39, 0.29) is 38.2 Å². The smallest absolute Gasteiger partial charge is 0.434 e. The van der Waals surface area contributed by atoms with Crippen molar-refractivity contribution < 1.29 is 37.0 Å². The quantitative estimate of drug-likeness (QED) is 0.275. The van der Waals surface area contributed by atoms with Crippen LogP contribution in [0.25, 0.3) is 11.3 Å². The van der Waals surface area contributed by atoms with E-state index >= 15 is 0 Å². The maximum Gasteiger partial charge on any atom is 0.434 e. The highest BCUT2D eigenvalue weighted by molar-refractivity contribution is 5.95. The topological polar surface area (TPSA) is 119 Å². The van der Waals surface area contributed by atoms with E-state index in [0.29, 0.717) is 48.1 Å². The number of pyridine rings is 3. The number of ether oxygens (including phenoxy) is 3. The van der Waals surface area contributed by atoms with Gasteiger partial charge in [0.1, 0.15) is 5.60 Å². The molecule has 4 heterocycles. The van der Waals surface area contributed by atoms with Crippen LogP contribution in [0.5, 0.6) is 11.8 Å². The first kappa shape index (κ1) is 35.2. The summed E-state index contributed by atoms with van der Waals surface area (Å²) >= 11 is 0. The van der Waals surface area contributed by atoms with Crippen molar-refractivity contribution in [2.45, 2.75) is 72.3 Å². The second-order valence-corrected chi connectivity index (χ2v) is 11.8. The molecule has 1 aliphatic rings. The van der Waals surface area contributed by atoms with Gasteiger partial charge in [-0.3, -0.25) is 4.79 Å². The first-order valence-electron chi connectivity index (χ1n) is 15.6. The van der Waals surface area contributed by atoms with Gasteiger partial charge in [0.05, 0.1) is 48.0 Å². The van der Waals surface area contributed by atoms with Crippen molar-refractivity contribution in [3.05, 3.63) is 59.5 Å². The van der Waals surface area contributed by atoms with Gasteiger partial charge in [0, 0.05) is 37.9 Å². The van der Waals surface area contributed by atoms with Crippen LogP contribution in [0.3, 0.4) is 0 Å². The first-order valence-corrected chi connectivity index (χ1v) is 15.6.